The Kier molecular flexibility index (Phi) is 10.1. The maximum Gasteiger partial charge on any atom is 0.191 e. The summed E-state index contributed by atoms with van der Waals surface area (Å²) in [4.78, 5) is 9.04. The lowest BCUT2D eigenvalue weighted by Gasteiger charge is -2.18. The van der Waals surface area contributed by atoms with Crippen LogP contribution in [0.2, 0.25) is 0 Å². The summed E-state index contributed by atoms with van der Waals surface area (Å²) in [7, 11) is 0. The Morgan fingerprint density at radius 2 is 1.88 bits per heavy atom. The maximum atomic E-state index is 9.65. The molecule has 1 aromatic carbocycles. The molecule has 136 valence electrons. The van der Waals surface area contributed by atoms with E-state index in [1.54, 1.807) is 0 Å². The van der Waals surface area contributed by atoms with Crippen LogP contribution in [-0.4, -0.2) is 35.7 Å². The number of benzene rings is 1. The van der Waals surface area contributed by atoms with E-state index in [1.807, 2.05) is 62.4 Å². The molecule has 0 aliphatic heterocycles. The molecule has 0 fully saturated rings. The Labute approximate surface area is 167 Å². The van der Waals surface area contributed by atoms with Crippen LogP contribution in [-0.2, 0) is 6.54 Å². The second kappa shape index (κ2) is 11.8. The van der Waals surface area contributed by atoms with Crippen molar-refractivity contribution in [3.05, 3.63) is 65.5 Å². The van der Waals surface area contributed by atoms with Crippen molar-refractivity contribution in [1.29, 1.82) is 0 Å². The third-order valence-electron chi connectivity index (χ3n) is 3.70. The molecular weight excluding hydrogens is 427 g/mol. The number of aryl methyl sites for hydroxylation is 1. The monoisotopic (exact) mass is 454 g/mol. The van der Waals surface area contributed by atoms with Gasteiger partial charge < -0.3 is 15.7 Å². The summed E-state index contributed by atoms with van der Waals surface area (Å²) in [6, 6.07) is 16.0. The number of halogens is 1. The SMILES string of the molecule is CCNC(=NCc1cccc(C)n1)NCC(CO)c1ccccc1.I. The minimum absolute atomic E-state index is 0. The molecule has 0 radical (unpaired) electrons. The molecule has 1 atom stereocenters. The predicted molar refractivity (Wildman–Crippen MR) is 113 cm³/mol. The van der Waals surface area contributed by atoms with Crippen molar-refractivity contribution in [3.8, 4) is 0 Å². The van der Waals surface area contributed by atoms with Gasteiger partial charge in [0.25, 0.3) is 0 Å². The topological polar surface area (TPSA) is 69.5 Å². The van der Waals surface area contributed by atoms with Crippen LogP contribution < -0.4 is 10.6 Å². The summed E-state index contributed by atoms with van der Waals surface area (Å²) in [5.41, 5.74) is 3.04. The van der Waals surface area contributed by atoms with Crippen molar-refractivity contribution in [2.45, 2.75) is 26.3 Å². The van der Waals surface area contributed by atoms with Crippen molar-refractivity contribution in [1.82, 2.24) is 15.6 Å². The van der Waals surface area contributed by atoms with E-state index in [-0.39, 0.29) is 36.5 Å². The standard InChI is InChI=1S/C19H26N4O.HI/c1-3-20-19(22-13-18-11-7-8-15(2)23-18)21-12-17(14-24)16-9-5-4-6-10-16;/h4-11,17,24H,3,12-14H2,1-2H3,(H2,20,21,22);1H. The van der Waals surface area contributed by atoms with E-state index in [0.29, 0.717) is 13.1 Å². The minimum atomic E-state index is 0. The highest BCUT2D eigenvalue weighted by Crippen LogP contribution is 2.13. The Morgan fingerprint density at radius 3 is 2.52 bits per heavy atom. The predicted octanol–water partition coefficient (Wildman–Crippen LogP) is 2.84. The van der Waals surface area contributed by atoms with Crippen molar-refractivity contribution in [2.75, 3.05) is 19.7 Å². The summed E-state index contributed by atoms with van der Waals surface area (Å²) in [5.74, 6) is 0.766. The van der Waals surface area contributed by atoms with Crippen molar-refractivity contribution < 1.29 is 5.11 Å². The van der Waals surface area contributed by atoms with Gasteiger partial charge in [0.05, 0.1) is 18.8 Å². The first-order valence-electron chi connectivity index (χ1n) is 8.33. The molecule has 5 nitrogen and oxygen atoms in total. The summed E-state index contributed by atoms with van der Waals surface area (Å²) < 4.78 is 0. The molecule has 0 spiro atoms. The number of aliphatic hydroxyl groups excluding tert-OH is 1. The molecule has 25 heavy (non-hydrogen) atoms. The molecule has 0 aliphatic rings. The van der Waals surface area contributed by atoms with E-state index >= 15 is 0 Å². The number of aromatic nitrogens is 1. The Bertz CT molecular complexity index is 649. The van der Waals surface area contributed by atoms with Gasteiger partial charge in [-0.3, -0.25) is 4.98 Å². The maximum absolute atomic E-state index is 9.65. The van der Waals surface area contributed by atoms with E-state index in [4.69, 9.17) is 0 Å². The third-order valence-corrected chi connectivity index (χ3v) is 3.70. The summed E-state index contributed by atoms with van der Waals surface area (Å²) in [6.07, 6.45) is 0. The molecule has 1 unspecified atom stereocenters. The fourth-order valence-corrected chi connectivity index (χ4v) is 2.42. The van der Waals surface area contributed by atoms with E-state index in [2.05, 4.69) is 20.6 Å². The van der Waals surface area contributed by atoms with Gasteiger partial charge in [0, 0.05) is 24.7 Å². The van der Waals surface area contributed by atoms with Gasteiger partial charge in [-0.05, 0) is 31.5 Å². The largest absolute Gasteiger partial charge is 0.396 e. The fraction of sp³-hybridized carbons (Fsp3) is 0.368. The summed E-state index contributed by atoms with van der Waals surface area (Å²) >= 11 is 0. The van der Waals surface area contributed by atoms with Crippen molar-refractivity contribution >= 4 is 29.9 Å². The quantitative estimate of drug-likeness (QED) is 0.342. The van der Waals surface area contributed by atoms with Gasteiger partial charge in [-0.15, -0.1) is 24.0 Å². The van der Waals surface area contributed by atoms with Gasteiger partial charge in [-0.2, -0.15) is 0 Å². The molecule has 2 rings (SSSR count). The van der Waals surface area contributed by atoms with Crippen LogP contribution in [0.15, 0.2) is 53.5 Å². The molecule has 3 N–H and O–H groups in total. The molecule has 0 amide bonds. The lowest BCUT2D eigenvalue weighted by Crippen LogP contribution is -2.40. The number of pyridine rings is 1. The molecule has 0 bridgehead atoms. The highest BCUT2D eigenvalue weighted by atomic mass is 127. The zero-order valence-corrected chi connectivity index (χ0v) is 17.1. The first-order chi connectivity index (χ1) is 11.7. The van der Waals surface area contributed by atoms with E-state index in [1.165, 1.54) is 0 Å². The average Bonchev–Trinajstić information content (AvgIpc) is 2.61. The lowest BCUT2D eigenvalue weighted by atomic mass is 10.0. The number of nitrogens with zero attached hydrogens (tertiary/aromatic N) is 2. The molecule has 0 saturated carbocycles. The van der Waals surface area contributed by atoms with Crippen LogP contribution >= 0.6 is 24.0 Å². The average molecular weight is 454 g/mol. The van der Waals surface area contributed by atoms with Crippen LogP contribution in [0.1, 0.15) is 29.8 Å². The van der Waals surface area contributed by atoms with Gasteiger partial charge in [-0.25, -0.2) is 4.99 Å². The van der Waals surface area contributed by atoms with Gasteiger partial charge in [0.1, 0.15) is 0 Å². The molecule has 0 saturated heterocycles. The minimum Gasteiger partial charge on any atom is -0.396 e. The van der Waals surface area contributed by atoms with Gasteiger partial charge >= 0.3 is 0 Å². The Hall–Kier alpha value is -1.67. The molecule has 2 aromatic rings. The molecule has 1 heterocycles. The highest BCUT2D eigenvalue weighted by Gasteiger charge is 2.10. The van der Waals surface area contributed by atoms with Crippen LogP contribution in [0.25, 0.3) is 0 Å². The highest BCUT2D eigenvalue weighted by molar-refractivity contribution is 14.0. The van der Waals surface area contributed by atoms with Crippen LogP contribution in [0.5, 0.6) is 0 Å². The van der Waals surface area contributed by atoms with Crippen LogP contribution in [0.4, 0.5) is 0 Å². The number of hydrogen-bond donors (Lipinski definition) is 3. The number of guanidine groups is 1. The van der Waals surface area contributed by atoms with E-state index < -0.39 is 0 Å². The van der Waals surface area contributed by atoms with Gasteiger partial charge in [0.2, 0.25) is 0 Å². The number of aliphatic hydroxyl groups is 1. The lowest BCUT2D eigenvalue weighted by molar-refractivity contribution is 0.265. The zero-order valence-electron chi connectivity index (χ0n) is 14.8. The van der Waals surface area contributed by atoms with Crippen LogP contribution in [0, 0.1) is 6.92 Å². The normalized spacial score (nSPS) is 12.2. The van der Waals surface area contributed by atoms with Crippen molar-refractivity contribution in [3.63, 3.8) is 0 Å². The molecular formula is C19H27IN4O. The number of hydrogen-bond acceptors (Lipinski definition) is 3. The number of rotatable bonds is 7. The van der Waals surface area contributed by atoms with Crippen molar-refractivity contribution in [2.24, 2.45) is 4.99 Å². The fourth-order valence-electron chi connectivity index (χ4n) is 2.42. The first-order valence-corrected chi connectivity index (χ1v) is 8.33. The second-order valence-corrected chi connectivity index (χ2v) is 5.64. The molecule has 0 aliphatic carbocycles. The van der Waals surface area contributed by atoms with Gasteiger partial charge in [-0.1, -0.05) is 36.4 Å². The van der Waals surface area contributed by atoms with Gasteiger partial charge in [0.15, 0.2) is 5.96 Å². The Morgan fingerprint density at radius 1 is 1.12 bits per heavy atom. The van der Waals surface area contributed by atoms with E-state index in [9.17, 15) is 5.11 Å². The molecule has 1 aromatic heterocycles. The first kappa shape index (κ1) is 21.4. The van der Waals surface area contributed by atoms with Crippen LogP contribution in [0.3, 0.4) is 0 Å². The second-order valence-electron chi connectivity index (χ2n) is 5.64. The smallest absolute Gasteiger partial charge is 0.191 e. The number of nitrogens with one attached hydrogen (secondary N) is 2. The Balaban J connectivity index is 0.00000312. The summed E-state index contributed by atoms with van der Waals surface area (Å²) in [6.45, 7) is 6.02. The third kappa shape index (κ3) is 7.39. The zero-order chi connectivity index (χ0) is 17.2. The molecule has 6 heteroatoms. The number of aliphatic imine (C=N–C) groups is 1. The van der Waals surface area contributed by atoms with E-state index in [0.717, 1.165) is 29.5 Å². The summed E-state index contributed by atoms with van der Waals surface area (Å²) in [5, 5.41) is 16.2.